The highest BCUT2D eigenvalue weighted by atomic mass is 15.0. The molecule has 0 amide bonds. The minimum atomic E-state index is 0.567. The standard InChI is InChI=1S/C6H8N4/c1-2-8-6-5(3-7)9-4-10-6/h2-4,7H,1H3,(H,9,10). The van der Waals surface area contributed by atoms with Gasteiger partial charge in [-0.05, 0) is 6.92 Å². The molecule has 0 aliphatic rings. The van der Waals surface area contributed by atoms with Gasteiger partial charge in [-0.3, -0.25) is 0 Å². The molecule has 1 heterocycles. The van der Waals surface area contributed by atoms with Gasteiger partial charge in [0.15, 0.2) is 5.82 Å². The van der Waals surface area contributed by atoms with E-state index in [2.05, 4.69) is 15.0 Å². The number of rotatable bonds is 2. The van der Waals surface area contributed by atoms with E-state index in [1.165, 1.54) is 12.5 Å². The van der Waals surface area contributed by atoms with Crippen molar-refractivity contribution in [3.63, 3.8) is 0 Å². The predicted octanol–water partition coefficient (Wildman–Crippen LogP) is 1.13. The Balaban J connectivity index is 3.00. The Morgan fingerprint density at radius 1 is 1.80 bits per heavy atom. The van der Waals surface area contributed by atoms with Gasteiger partial charge in [-0.1, -0.05) is 0 Å². The lowest BCUT2D eigenvalue weighted by atomic mass is 10.5. The molecule has 0 unspecified atom stereocenters. The second-order valence-corrected chi connectivity index (χ2v) is 1.67. The average Bonchev–Trinajstić information content (AvgIpc) is 2.36. The van der Waals surface area contributed by atoms with E-state index in [1.807, 2.05) is 6.92 Å². The Morgan fingerprint density at radius 2 is 2.60 bits per heavy atom. The zero-order chi connectivity index (χ0) is 7.40. The number of aromatic amines is 1. The number of aliphatic imine (C=N–C) groups is 1. The lowest BCUT2D eigenvalue weighted by Gasteiger charge is -1.84. The van der Waals surface area contributed by atoms with Crippen molar-refractivity contribution in [2.75, 3.05) is 0 Å². The van der Waals surface area contributed by atoms with Crippen LogP contribution in [-0.2, 0) is 0 Å². The van der Waals surface area contributed by atoms with Crippen LogP contribution in [0.15, 0.2) is 11.3 Å². The fourth-order valence-electron chi connectivity index (χ4n) is 0.628. The molecule has 4 nitrogen and oxygen atoms in total. The third-order valence-corrected chi connectivity index (χ3v) is 1.04. The maximum atomic E-state index is 6.91. The molecule has 52 valence electrons. The van der Waals surface area contributed by atoms with Crippen LogP contribution in [0, 0.1) is 5.41 Å². The molecular formula is C6H8N4. The second kappa shape index (κ2) is 2.91. The molecule has 0 fully saturated rings. The normalized spacial score (nSPS) is 10.5. The summed E-state index contributed by atoms with van der Waals surface area (Å²) in [6, 6.07) is 0. The fourth-order valence-corrected chi connectivity index (χ4v) is 0.628. The number of nitrogens with zero attached hydrogens (tertiary/aromatic N) is 2. The van der Waals surface area contributed by atoms with Crippen LogP contribution < -0.4 is 0 Å². The summed E-state index contributed by atoms with van der Waals surface area (Å²) in [4.78, 5) is 10.6. The number of nitrogens with one attached hydrogen (secondary N) is 2. The Morgan fingerprint density at radius 3 is 3.20 bits per heavy atom. The van der Waals surface area contributed by atoms with Gasteiger partial charge in [0.25, 0.3) is 0 Å². The lowest BCUT2D eigenvalue weighted by molar-refractivity contribution is 1.30. The van der Waals surface area contributed by atoms with Crippen molar-refractivity contribution in [3.8, 4) is 0 Å². The van der Waals surface area contributed by atoms with E-state index in [1.54, 1.807) is 6.21 Å². The lowest BCUT2D eigenvalue weighted by Crippen LogP contribution is -1.77. The Hall–Kier alpha value is -1.45. The molecule has 0 bridgehead atoms. The summed E-state index contributed by atoms with van der Waals surface area (Å²) < 4.78 is 0. The number of imidazole rings is 1. The molecular weight excluding hydrogens is 128 g/mol. The van der Waals surface area contributed by atoms with E-state index < -0.39 is 0 Å². The molecule has 0 aromatic carbocycles. The van der Waals surface area contributed by atoms with Gasteiger partial charge in [0.2, 0.25) is 0 Å². The zero-order valence-corrected chi connectivity index (χ0v) is 5.63. The Bertz CT molecular complexity index is 248. The molecule has 0 aliphatic heterocycles. The monoisotopic (exact) mass is 136 g/mol. The summed E-state index contributed by atoms with van der Waals surface area (Å²) >= 11 is 0. The first kappa shape index (κ1) is 6.67. The number of hydrogen-bond donors (Lipinski definition) is 2. The molecule has 0 spiro atoms. The molecule has 1 aromatic rings. The van der Waals surface area contributed by atoms with Crippen molar-refractivity contribution in [2.24, 2.45) is 4.99 Å². The summed E-state index contributed by atoms with van der Waals surface area (Å²) in [6.45, 7) is 1.81. The maximum absolute atomic E-state index is 6.91. The van der Waals surface area contributed by atoms with Crippen LogP contribution in [0.4, 0.5) is 5.82 Å². The van der Waals surface area contributed by atoms with E-state index in [9.17, 15) is 0 Å². The molecule has 1 aromatic heterocycles. The molecule has 1 rings (SSSR count). The van der Waals surface area contributed by atoms with Gasteiger partial charge in [-0.15, -0.1) is 0 Å². The highest BCUT2D eigenvalue weighted by molar-refractivity contribution is 5.81. The van der Waals surface area contributed by atoms with Gasteiger partial charge < -0.3 is 10.4 Å². The Kier molecular flexibility index (Phi) is 1.94. The summed E-state index contributed by atoms with van der Waals surface area (Å²) in [5, 5.41) is 6.91. The minimum Gasteiger partial charge on any atom is -0.342 e. The summed E-state index contributed by atoms with van der Waals surface area (Å²) in [7, 11) is 0. The molecule has 0 aliphatic carbocycles. The predicted molar refractivity (Wildman–Crippen MR) is 40.3 cm³/mol. The van der Waals surface area contributed by atoms with Gasteiger partial charge in [0.1, 0.15) is 5.69 Å². The fraction of sp³-hybridized carbons (Fsp3) is 0.167. The van der Waals surface area contributed by atoms with E-state index in [-0.39, 0.29) is 0 Å². The average molecular weight is 136 g/mol. The van der Waals surface area contributed by atoms with Crippen LogP contribution >= 0.6 is 0 Å². The Labute approximate surface area is 58.5 Å². The summed E-state index contributed by atoms with van der Waals surface area (Å²) in [5.41, 5.74) is 0.637. The van der Waals surface area contributed by atoms with E-state index in [0.29, 0.717) is 11.5 Å². The molecule has 0 radical (unpaired) electrons. The highest BCUT2D eigenvalue weighted by Gasteiger charge is 1.96. The second-order valence-electron chi connectivity index (χ2n) is 1.67. The molecule has 0 saturated carbocycles. The molecule has 4 heteroatoms. The van der Waals surface area contributed by atoms with Gasteiger partial charge in [-0.2, -0.15) is 0 Å². The van der Waals surface area contributed by atoms with Crippen LogP contribution in [0.3, 0.4) is 0 Å². The molecule has 0 saturated heterocycles. The first-order chi connectivity index (χ1) is 4.88. The van der Waals surface area contributed by atoms with Gasteiger partial charge >= 0.3 is 0 Å². The van der Waals surface area contributed by atoms with E-state index in [4.69, 9.17) is 5.41 Å². The van der Waals surface area contributed by atoms with Gasteiger partial charge in [0.05, 0.1) is 6.33 Å². The van der Waals surface area contributed by atoms with Crippen molar-refractivity contribution in [3.05, 3.63) is 12.0 Å². The molecule has 0 atom stereocenters. The van der Waals surface area contributed by atoms with Crippen LogP contribution in [0.2, 0.25) is 0 Å². The quantitative estimate of drug-likeness (QED) is 0.588. The van der Waals surface area contributed by atoms with Crippen molar-refractivity contribution in [1.82, 2.24) is 9.97 Å². The maximum Gasteiger partial charge on any atom is 0.178 e. The zero-order valence-electron chi connectivity index (χ0n) is 5.63. The molecule has 10 heavy (non-hydrogen) atoms. The van der Waals surface area contributed by atoms with Crippen molar-refractivity contribution in [2.45, 2.75) is 6.92 Å². The first-order valence-corrected chi connectivity index (χ1v) is 2.91. The van der Waals surface area contributed by atoms with Gasteiger partial charge in [-0.25, -0.2) is 9.98 Å². The number of aromatic nitrogens is 2. The largest absolute Gasteiger partial charge is 0.342 e. The van der Waals surface area contributed by atoms with Crippen molar-refractivity contribution in [1.29, 1.82) is 5.41 Å². The van der Waals surface area contributed by atoms with Crippen molar-refractivity contribution >= 4 is 18.2 Å². The SMILES string of the molecule is CC=Nc1nc[nH]c1C=N. The number of hydrogen-bond acceptors (Lipinski definition) is 3. The van der Waals surface area contributed by atoms with E-state index in [0.717, 1.165) is 0 Å². The van der Waals surface area contributed by atoms with Crippen LogP contribution in [-0.4, -0.2) is 22.4 Å². The van der Waals surface area contributed by atoms with Crippen LogP contribution in [0.1, 0.15) is 12.6 Å². The van der Waals surface area contributed by atoms with Crippen LogP contribution in [0.5, 0.6) is 0 Å². The summed E-state index contributed by atoms with van der Waals surface area (Å²) in [5.74, 6) is 0.567. The summed E-state index contributed by atoms with van der Waals surface area (Å²) in [6.07, 6.45) is 4.35. The topological polar surface area (TPSA) is 64.9 Å². The third-order valence-electron chi connectivity index (χ3n) is 1.04. The van der Waals surface area contributed by atoms with Gasteiger partial charge in [0, 0.05) is 12.4 Å². The van der Waals surface area contributed by atoms with Crippen molar-refractivity contribution < 1.29 is 0 Å². The van der Waals surface area contributed by atoms with Crippen LogP contribution in [0.25, 0.3) is 0 Å². The highest BCUT2D eigenvalue weighted by Crippen LogP contribution is 2.08. The number of H-pyrrole nitrogens is 1. The smallest absolute Gasteiger partial charge is 0.178 e. The minimum absolute atomic E-state index is 0.567. The molecule has 2 N–H and O–H groups in total. The first-order valence-electron chi connectivity index (χ1n) is 2.91. The third kappa shape index (κ3) is 1.10. The van der Waals surface area contributed by atoms with E-state index >= 15 is 0 Å².